The topological polar surface area (TPSA) is 107 Å². The number of anilines is 1. The molecule has 1 aliphatic heterocycles. The van der Waals surface area contributed by atoms with Crippen molar-refractivity contribution < 1.29 is 14.3 Å². The Bertz CT molecular complexity index is 1120. The molecule has 1 atom stereocenters. The van der Waals surface area contributed by atoms with Gasteiger partial charge in [0, 0.05) is 16.8 Å². The largest absolute Gasteiger partial charge is 0.457 e. The standard InChI is InChI=1S/C24H21N3O3/c25-21(23(26)28)14-16-7-11-18(12-8-16)30-17-9-5-15(6-10-17)13-20-19-3-1-2-4-22(19)27-24(20)29/h1-13,21H,14,25H2,(H2,26,28)(H,27,29)/b20-13-. The quantitative estimate of drug-likeness (QED) is 0.553. The molecule has 0 saturated heterocycles. The number of para-hydroxylation sites is 1. The summed E-state index contributed by atoms with van der Waals surface area (Å²) in [5.74, 6) is 0.716. The first-order valence-corrected chi connectivity index (χ1v) is 9.54. The predicted octanol–water partition coefficient (Wildman–Crippen LogP) is 3.33. The molecule has 30 heavy (non-hydrogen) atoms. The molecule has 0 bridgehead atoms. The Morgan fingerprint density at radius 3 is 2.27 bits per heavy atom. The molecule has 6 nitrogen and oxygen atoms in total. The van der Waals surface area contributed by atoms with Gasteiger partial charge in [-0.25, -0.2) is 0 Å². The summed E-state index contributed by atoms with van der Waals surface area (Å²) in [6, 6.07) is 21.8. The van der Waals surface area contributed by atoms with Crippen LogP contribution in [0.15, 0.2) is 72.8 Å². The summed E-state index contributed by atoms with van der Waals surface area (Å²) in [5.41, 5.74) is 15.1. The van der Waals surface area contributed by atoms with Gasteiger partial charge in [-0.15, -0.1) is 0 Å². The summed E-state index contributed by atoms with van der Waals surface area (Å²) in [7, 11) is 0. The molecular weight excluding hydrogens is 378 g/mol. The minimum absolute atomic E-state index is 0.104. The number of nitrogens with two attached hydrogens (primary N) is 2. The average Bonchev–Trinajstić information content (AvgIpc) is 3.06. The zero-order valence-corrected chi connectivity index (χ0v) is 16.2. The van der Waals surface area contributed by atoms with E-state index < -0.39 is 11.9 Å². The van der Waals surface area contributed by atoms with Gasteiger partial charge in [0.15, 0.2) is 0 Å². The van der Waals surface area contributed by atoms with Gasteiger partial charge in [0.05, 0.1) is 6.04 Å². The van der Waals surface area contributed by atoms with Gasteiger partial charge in [0.2, 0.25) is 5.91 Å². The lowest BCUT2D eigenvalue weighted by atomic mass is 10.0. The first-order valence-electron chi connectivity index (χ1n) is 9.54. The maximum atomic E-state index is 12.2. The predicted molar refractivity (Wildman–Crippen MR) is 117 cm³/mol. The van der Waals surface area contributed by atoms with Crippen molar-refractivity contribution in [3.63, 3.8) is 0 Å². The van der Waals surface area contributed by atoms with Gasteiger partial charge in [-0.2, -0.15) is 0 Å². The molecule has 2 amide bonds. The second kappa shape index (κ2) is 8.23. The Morgan fingerprint density at radius 2 is 1.60 bits per heavy atom. The highest BCUT2D eigenvalue weighted by atomic mass is 16.5. The SMILES string of the molecule is NC(=O)C(N)Cc1ccc(Oc2ccc(/C=C3\C(=O)Nc4ccccc43)cc2)cc1. The maximum Gasteiger partial charge on any atom is 0.256 e. The van der Waals surface area contributed by atoms with E-state index in [4.69, 9.17) is 16.2 Å². The Kier molecular flexibility index (Phi) is 5.32. The number of benzene rings is 3. The first-order chi connectivity index (χ1) is 14.5. The van der Waals surface area contributed by atoms with Crippen LogP contribution >= 0.6 is 0 Å². The van der Waals surface area contributed by atoms with Gasteiger partial charge < -0.3 is 21.5 Å². The lowest BCUT2D eigenvalue weighted by Crippen LogP contribution is -2.38. The second-order valence-corrected chi connectivity index (χ2v) is 7.09. The van der Waals surface area contributed by atoms with Crippen LogP contribution < -0.4 is 21.5 Å². The number of fused-ring (bicyclic) bond motifs is 1. The fraction of sp³-hybridized carbons (Fsp3) is 0.0833. The molecule has 150 valence electrons. The van der Waals surface area contributed by atoms with Gasteiger partial charge in [-0.1, -0.05) is 42.5 Å². The number of amides is 2. The zero-order valence-electron chi connectivity index (χ0n) is 16.2. The highest BCUT2D eigenvalue weighted by molar-refractivity contribution is 6.34. The van der Waals surface area contributed by atoms with E-state index in [1.165, 1.54) is 0 Å². The summed E-state index contributed by atoms with van der Waals surface area (Å²) in [6.45, 7) is 0. The van der Waals surface area contributed by atoms with Crippen LogP contribution in [0.3, 0.4) is 0 Å². The number of nitrogens with one attached hydrogen (secondary N) is 1. The minimum atomic E-state index is -0.702. The third-order valence-electron chi connectivity index (χ3n) is 4.88. The van der Waals surface area contributed by atoms with Gasteiger partial charge in [-0.05, 0) is 54.0 Å². The van der Waals surface area contributed by atoms with Gasteiger partial charge in [-0.3, -0.25) is 9.59 Å². The molecule has 1 aliphatic rings. The van der Waals surface area contributed by atoms with Crippen molar-refractivity contribution in [1.29, 1.82) is 0 Å². The normalized spacial score (nSPS) is 14.8. The highest BCUT2D eigenvalue weighted by Crippen LogP contribution is 2.33. The van der Waals surface area contributed by atoms with E-state index in [1.54, 1.807) is 0 Å². The zero-order chi connectivity index (χ0) is 21.1. The van der Waals surface area contributed by atoms with Crippen LogP contribution in [0.25, 0.3) is 11.6 Å². The molecule has 3 aromatic rings. The molecule has 0 aliphatic carbocycles. The Hall–Kier alpha value is -3.90. The second-order valence-electron chi connectivity index (χ2n) is 7.09. The summed E-state index contributed by atoms with van der Waals surface area (Å²) in [4.78, 5) is 23.3. The van der Waals surface area contributed by atoms with Gasteiger partial charge in [0.1, 0.15) is 11.5 Å². The van der Waals surface area contributed by atoms with Crippen LogP contribution in [-0.2, 0) is 16.0 Å². The monoisotopic (exact) mass is 399 g/mol. The molecule has 0 fully saturated rings. The van der Waals surface area contributed by atoms with Crippen LogP contribution in [0.5, 0.6) is 11.5 Å². The van der Waals surface area contributed by atoms with Crippen molar-refractivity contribution >= 4 is 29.2 Å². The van der Waals surface area contributed by atoms with E-state index in [-0.39, 0.29) is 5.91 Å². The third-order valence-corrected chi connectivity index (χ3v) is 4.88. The lowest BCUT2D eigenvalue weighted by Gasteiger charge is -2.09. The van der Waals surface area contributed by atoms with Crippen LogP contribution in [-0.4, -0.2) is 17.9 Å². The molecule has 0 aromatic heterocycles. The van der Waals surface area contributed by atoms with Crippen molar-refractivity contribution in [2.75, 3.05) is 5.32 Å². The van der Waals surface area contributed by atoms with E-state index in [9.17, 15) is 9.59 Å². The smallest absolute Gasteiger partial charge is 0.256 e. The number of hydrogen-bond donors (Lipinski definition) is 3. The molecule has 0 radical (unpaired) electrons. The number of hydrogen-bond acceptors (Lipinski definition) is 4. The summed E-state index contributed by atoms with van der Waals surface area (Å²) < 4.78 is 5.87. The summed E-state index contributed by atoms with van der Waals surface area (Å²) in [5, 5.41) is 2.87. The summed E-state index contributed by atoms with van der Waals surface area (Å²) >= 11 is 0. The molecule has 1 unspecified atom stereocenters. The summed E-state index contributed by atoms with van der Waals surface area (Å²) in [6.07, 6.45) is 2.25. The third kappa shape index (κ3) is 4.24. The Morgan fingerprint density at radius 1 is 0.967 bits per heavy atom. The fourth-order valence-electron chi connectivity index (χ4n) is 3.27. The molecule has 1 heterocycles. The Labute approximate surface area is 174 Å². The van der Waals surface area contributed by atoms with Crippen LogP contribution in [0, 0.1) is 0 Å². The molecule has 0 spiro atoms. The number of carbonyl (C=O) groups is 2. The maximum absolute atomic E-state index is 12.2. The number of ether oxygens (including phenoxy) is 1. The van der Waals surface area contributed by atoms with E-state index in [2.05, 4.69) is 5.32 Å². The van der Waals surface area contributed by atoms with E-state index in [0.29, 0.717) is 23.5 Å². The molecule has 6 heteroatoms. The van der Waals surface area contributed by atoms with E-state index in [1.807, 2.05) is 78.9 Å². The highest BCUT2D eigenvalue weighted by Gasteiger charge is 2.23. The van der Waals surface area contributed by atoms with Crippen molar-refractivity contribution in [3.8, 4) is 11.5 Å². The number of primary amides is 1. The van der Waals surface area contributed by atoms with Crippen molar-refractivity contribution in [3.05, 3.63) is 89.5 Å². The van der Waals surface area contributed by atoms with Crippen LogP contribution in [0.4, 0.5) is 5.69 Å². The average molecular weight is 399 g/mol. The number of rotatable bonds is 6. The van der Waals surface area contributed by atoms with Crippen molar-refractivity contribution in [1.82, 2.24) is 0 Å². The van der Waals surface area contributed by atoms with Crippen LogP contribution in [0.2, 0.25) is 0 Å². The van der Waals surface area contributed by atoms with Gasteiger partial charge in [0.25, 0.3) is 5.91 Å². The van der Waals surface area contributed by atoms with Gasteiger partial charge >= 0.3 is 0 Å². The van der Waals surface area contributed by atoms with Crippen molar-refractivity contribution in [2.45, 2.75) is 12.5 Å². The molecule has 4 rings (SSSR count). The lowest BCUT2D eigenvalue weighted by molar-refractivity contribution is -0.119. The van der Waals surface area contributed by atoms with Crippen molar-refractivity contribution in [2.24, 2.45) is 11.5 Å². The van der Waals surface area contributed by atoms with E-state index >= 15 is 0 Å². The van der Waals surface area contributed by atoms with E-state index in [0.717, 1.165) is 22.4 Å². The van der Waals surface area contributed by atoms with Crippen LogP contribution in [0.1, 0.15) is 16.7 Å². The minimum Gasteiger partial charge on any atom is -0.457 e. The molecule has 5 N–H and O–H groups in total. The number of carbonyl (C=O) groups excluding carboxylic acids is 2. The first kappa shape index (κ1) is 19.4. The fourth-order valence-corrected chi connectivity index (χ4v) is 3.27. The molecular formula is C24H21N3O3. The molecule has 0 saturated carbocycles. The Balaban J connectivity index is 1.44. The molecule has 3 aromatic carbocycles.